The van der Waals surface area contributed by atoms with Crippen molar-refractivity contribution >= 4 is 0 Å². The topological polar surface area (TPSA) is 49.0 Å². The molecule has 6 nitrogen and oxygen atoms in total. The average Bonchev–Trinajstić information content (AvgIpc) is 3.13. The minimum atomic E-state index is 0.0799. The largest absolute Gasteiger partial charge is 0.454 e. The van der Waals surface area contributed by atoms with E-state index in [4.69, 9.17) is 9.47 Å². The highest BCUT2D eigenvalue weighted by molar-refractivity contribution is 5.47. The van der Waals surface area contributed by atoms with Crippen molar-refractivity contribution in [2.75, 3.05) is 26.4 Å². The molecule has 0 atom stereocenters. The number of nitrogens with zero attached hydrogens (tertiary/aromatic N) is 2. The number of hydrazine groups is 2. The standard InChI is InChI=1S/C16H20N4O2/c1-5-16(6-1,12-2-3-13-14(10-12)22-11-21-13)20-9-8-19-15(18-20)4-7-17-19/h2-4,10,17-18H,1,5-9,11H2. The Morgan fingerprint density at radius 2 is 2.00 bits per heavy atom. The highest BCUT2D eigenvalue weighted by Crippen LogP contribution is 2.48. The molecule has 1 aromatic carbocycles. The molecule has 1 aromatic rings. The van der Waals surface area contributed by atoms with Gasteiger partial charge in [0.05, 0.1) is 12.1 Å². The van der Waals surface area contributed by atoms with Crippen LogP contribution in [0.1, 0.15) is 24.8 Å². The summed E-state index contributed by atoms with van der Waals surface area (Å²) in [7, 11) is 0. The Hall–Kier alpha value is -1.92. The van der Waals surface area contributed by atoms with E-state index in [0.29, 0.717) is 6.79 Å². The highest BCUT2D eigenvalue weighted by atomic mass is 16.7. The molecule has 22 heavy (non-hydrogen) atoms. The number of rotatable bonds is 2. The van der Waals surface area contributed by atoms with Crippen LogP contribution in [0.2, 0.25) is 0 Å². The monoisotopic (exact) mass is 300 g/mol. The predicted molar refractivity (Wildman–Crippen MR) is 80.7 cm³/mol. The van der Waals surface area contributed by atoms with E-state index in [1.165, 1.54) is 30.6 Å². The van der Waals surface area contributed by atoms with Gasteiger partial charge in [0.25, 0.3) is 0 Å². The molecule has 6 heteroatoms. The molecule has 0 amide bonds. The fourth-order valence-corrected chi connectivity index (χ4v) is 3.88. The normalized spacial score (nSPS) is 25.3. The molecule has 1 aliphatic carbocycles. The van der Waals surface area contributed by atoms with Crippen LogP contribution in [0.15, 0.2) is 30.1 Å². The van der Waals surface area contributed by atoms with Crippen LogP contribution < -0.4 is 20.3 Å². The number of fused-ring (bicyclic) bond motifs is 2. The lowest BCUT2D eigenvalue weighted by atomic mass is 9.71. The quantitative estimate of drug-likeness (QED) is 0.858. The maximum absolute atomic E-state index is 5.57. The summed E-state index contributed by atoms with van der Waals surface area (Å²) in [5, 5.41) is 4.62. The van der Waals surface area contributed by atoms with E-state index in [1.54, 1.807) is 0 Å². The summed E-state index contributed by atoms with van der Waals surface area (Å²) in [6.45, 7) is 3.25. The van der Waals surface area contributed by atoms with Gasteiger partial charge in [0.15, 0.2) is 11.5 Å². The summed E-state index contributed by atoms with van der Waals surface area (Å²) >= 11 is 0. The van der Waals surface area contributed by atoms with E-state index in [0.717, 1.165) is 31.1 Å². The van der Waals surface area contributed by atoms with Crippen LogP contribution in [0.3, 0.4) is 0 Å². The summed E-state index contributed by atoms with van der Waals surface area (Å²) in [6.07, 6.45) is 5.84. The smallest absolute Gasteiger partial charge is 0.231 e. The van der Waals surface area contributed by atoms with Gasteiger partial charge < -0.3 is 14.9 Å². The lowest BCUT2D eigenvalue weighted by molar-refractivity contribution is -0.0557. The minimum Gasteiger partial charge on any atom is -0.454 e. The molecule has 2 fully saturated rings. The minimum absolute atomic E-state index is 0.0799. The first-order valence-electron chi connectivity index (χ1n) is 8.01. The van der Waals surface area contributed by atoms with Crippen molar-refractivity contribution in [2.24, 2.45) is 0 Å². The van der Waals surface area contributed by atoms with E-state index in [9.17, 15) is 0 Å². The Kier molecular flexibility index (Phi) is 2.60. The maximum atomic E-state index is 5.57. The van der Waals surface area contributed by atoms with Crippen LogP contribution in [-0.4, -0.2) is 36.4 Å². The molecule has 5 rings (SSSR count). The van der Waals surface area contributed by atoms with Crippen molar-refractivity contribution in [2.45, 2.75) is 24.8 Å². The van der Waals surface area contributed by atoms with Crippen molar-refractivity contribution in [1.29, 1.82) is 0 Å². The van der Waals surface area contributed by atoms with Crippen molar-refractivity contribution in [1.82, 2.24) is 20.9 Å². The van der Waals surface area contributed by atoms with Gasteiger partial charge in [-0.25, -0.2) is 10.4 Å². The molecule has 3 heterocycles. The first kappa shape index (κ1) is 12.6. The molecular formula is C16H20N4O2. The molecule has 0 aromatic heterocycles. The van der Waals surface area contributed by atoms with Gasteiger partial charge in [-0.1, -0.05) is 6.07 Å². The van der Waals surface area contributed by atoms with Crippen molar-refractivity contribution in [3.8, 4) is 11.5 Å². The van der Waals surface area contributed by atoms with Gasteiger partial charge in [0.2, 0.25) is 6.79 Å². The second kappa shape index (κ2) is 4.54. The van der Waals surface area contributed by atoms with Gasteiger partial charge >= 0.3 is 0 Å². The fourth-order valence-electron chi connectivity index (χ4n) is 3.88. The zero-order chi connectivity index (χ0) is 14.6. The van der Waals surface area contributed by atoms with E-state index in [-0.39, 0.29) is 5.54 Å². The van der Waals surface area contributed by atoms with E-state index in [1.807, 2.05) is 6.07 Å². The molecular weight excluding hydrogens is 280 g/mol. The number of nitrogens with one attached hydrogen (secondary N) is 2. The molecule has 0 bridgehead atoms. The van der Waals surface area contributed by atoms with Crippen LogP contribution in [0, 0.1) is 0 Å². The zero-order valence-electron chi connectivity index (χ0n) is 12.5. The Morgan fingerprint density at radius 1 is 1.09 bits per heavy atom. The van der Waals surface area contributed by atoms with Crippen molar-refractivity contribution < 1.29 is 9.47 Å². The Bertz CT molecular complexity index is 641. The molecule has 4 aliphatic rings. The maximum Gasteiger partial charge on any atom is 0.231 e. The first-order chi connectivity index (χ1) is 10.9. The van der Waals surface area contributed by atoms with Crippen LogP contribution >= 0.6 is 0 Å². The average molecular weight is 300 g/mol. The Labute approximate surface area is 129 Å². The second-order valence-corrected chi connectivity index (χ2v) is 6.32. The van der Waals surface area contributed by atoms with Gasteiger partial charge in [-0.3, -0.25) is 5.01 Å². The number of ether oxygens (including phenoxy) is 2. The van der Waals surface area contributed by atoms with Gasteiger partial charge in [0, 0.05) is 13.1 Å². The van der Waals surface area contributed by atoms with Gasteiger partial charge in [-0.2, -0.15) is 0 Å². The van der Waals surface area contributed by atoms with Crippen LogP contribution in [0.5, 0.6) is 11.5 Å². The SMILES string of the molecule is C1=C2NN(C3(c4ccc5c(c4)OCO5)CCC3)CCN2NC1. The molecule has 2 N–H and O–H groups in total. The molecule has 116 valence electrons. The lowest BCUT2D eigenvalue weighted by Crippen LogP contribution is -2.63. The van der Waals surface area contributed by atoms with Gasteiger partial charge in [-0.15, -0.1) is 0 Å². The van der Waals surface area contributed by atoms with Crippen LogP contribution in [0.25, 0.3) is 0 Å². The summed E-state index contributed by atoms with van der Waals surface area (Å²) in [4.78, 5) is 0. The number of hydrogen-bond donors (Lipinski definition) is 2. The molecule has 1 saturated heterocycles. The Balaban J connectivity index is 1.48. The predicted octanol–water partition coefficient (Wildman–Crippen LogP) is 1.28. The molecule has 0 spiro atoms. The summed E-state index contributed by atoms with van der Waals surface area (Å²) < 4.78 is 11.0. The third kappa shape index (κ3) is 1.68. The van der Waals surface area contributed by atoms with Gasteiger partial charge in [-0.05, 0) is 43.0 Å². The van der Waals surface area contributed by atoms with Gasteiger partial charge in [0.1, 0.15) is 5.82 Å². The number of hydrogen-bond acceptors (Lipinski definition) is 6. The zero-order valence-corrected chi connectivity index (χ0v) is 12.5. The Morgan fingerprint density at radius 3 is 2.86 bits per heavy atom. The molecule has 0 unspecified atom stereocenters. The number of benzene rings is 1. The lowest BCUT2D eigenvalue weighted by Gasteiger charge is -2.53. The molecule has 1 saturated carbocycles. The molecule has 3 aliphatic heterocycles. The van der Waals surface area contributed by atoms with Crippen LogP contribution in [0.4, 0.5) is 0 Å². The third-order valence-corrected chi connectivity index (χ3v) is 5.27. The third-order valence-electron chi connectivity index (χ3n) is 5.27. The van der Waals surface area contributed by atoms with Crippen LogP contribution in [-0.2, 0) is 5.54 Å². The van der Waals surface area contributed by atoms with Crippen molar-refractivity contribution in [3.63, 3.8) is 0 Å². The van der Waals surface area contributed by atoms with E-state index in [2.05, 4.69) is 39.1 Å². The second-order valence-electron chi connectivity index (χ2n) is 6.32. The fraction of sp³-hybridized carbons (Fsp3) is 0.500. The van der Waals surface area contributed by atoms with Crippen molar-refractivity contribution in [3.05, 3.63) is 35.7 Å². The highest BCUT2D eigenvalue weighted by Gasteiger charge is 2.46. The molecule has 0 radical (unpaired) electrons. The summed E-state index contributed by atoms with van der Waals surface area (Å²) in [5.41, 5.74) is 8.37. The van der Waals surface area contributed by atoms with E-state index < -0.39 is 0 Å². The first-order valence-corrected chi connectivity index (χ1v) is 8.01. The summed E-state index contributed by atoms with van der Waals surface area (Å²) in [5.74, 6) is 2.92. The summed E-state index contributed by atoms with van der Waals surface area (Å²) in [6, 6.07) is 6.41. The van der Waals surface area contributed by atoms with E-state index >= 15 is 0 Å².